The van der Waals surface area contributed by atoms with E-state index in [1.54, 1.807) is 31.3 Å². The number of carbonyl (C=O) groups is 1. The molecular weight excluding hydrogens is 206 g/mol. The highest BCUT2D eigenvalue weighted by molar-refractivity contribution is 5.92. The van der Waals surface area contributed by atoms with E-state index in [2.05, 4.69) is 15.6 Å². The van der Waals surface area contributed by atoms with Crippen molar-refractivity contribution < 1.29 is 9.90 Å². The molecule has 1 aromatic heterocycles. The van der Waals surface area contributed by atoms with Gasteiger partial charge in [-0.2, -0.15) is 0 Å². The smallest absolute Gasteiger partial charge is 0.269 e. The Morgan fingerprint density at radius 3 is 2.94 bits per heavy atom. The van der Waals surface area contributed by atoms with Crippen molar-refractivity contribution in [3.8, 4) is 0 Å². The highest BCUT2D eigenvalue weighted by atomic mass is 16.3. The highest BCUT2D eigenvalue weighted by Gasteiger charge is 2.04. The summed E-state index contributed by atoms with van der Waals surface area (Å²) in [5.41, 5.74) is 0.415. The lowest BCUT2D eigenvalue weighted by atomic mass is 10.3. The van der Waals surface area contributed by atoms with E-state index >= 15 is 0 Å². The van der Waals surface area contributed by atoms with Crippen molar-refractivity contribution in [2.45, 2.75) is 13.0 Å². The van der Waals surface area contributed by atoms with Crippen LogP contribution in [0.5, 0.6) is 0 Å². The van der Waals surface area contributed by atoms with Gasteiger partial charge in [-0.15, -0.1) is 0 Å². The highest BCUT2D eigenvalue weighted by Crippen LogP contribution is 1.91. The zero-order valence-electron chi connectivity index (χ0n) is 9.31. The number of nitrogens with one attached hydrogen (secondary N) is 2. The van der Waals surface area contributed by atoms with Gasteiger partial charge >= 0.3 is 0 Å². The lowest BCUT2D eigenvalue weighted by molar-refractivity contribution is 0.0948. The molecule has 1 atom stereocenters. The van der Waals surface area contributed by atoms with E-state index in [9.17, 15) is 4.79 Å². The summed E-state index contributed by atoms with van der Waals surface area (Å²) in [5.74, 6) is -0.181. The first-order chi connectivity index (χ1) is 7.70. The molecule has 5 nitrogen and oxygen atoms in total. The number of nitrogens with zero attached hydrogens (tertiary/aromatic N) is 1. The van der Waals surface area contributed by atoms with Crippen molar-refractivity contribution >= 4 is 5.91 Å². The van der Waals surface area contributed by atoms with Crippen molar-refractivity contribution in [3.05, 3.63) is 30.1 Å². The molecule has 0 bridgehead atoms. The van der Waals surface area contributed by atoms with Gasteiger partial charge in [0.1, 0.15) is 5.69 Å². The van der Waals surface area contributed by atoms with Crippen LogP contribution in [-0.2, 0) is 0 Å². The second-order valence-electron chi connectivity index (χ2n) is 3.52. The van der Waals surface area contributed by atoms with Crippen LogP contribution in [0.15, 0.2) is 24.4 Å². The number of aliphatic hydroxyl groups excluding tert-OH is 1. The number of aromatic nitrogens is 1. The first kappa shape index (κ1) is 12.6. The molecule has 0 radical (unpaired) electrons. The second kappa shape index (κ2) is 6.92. The fourth-order valence-corrected chi connectivity index (χ4v) is 1.16. The van der Waals surface area contributed by atoms with Crippen LogP contribution in [0.1, 0.15) is 17.4 Å². The van der Waals surface area contributed by atoms with Gasteiger partial charge in [-0.1, -0.05) is 6.07 Å². The molecule has 3 N–H and O–H groups in total. The van der Waals surface area contributed by atoms with E-state index in [4.69, 9.17) is 5.11 Å². The summed E-state index contributed by atoms with van der Waals surface area (Å²) >= 11 is 0. The van der Waals surface area contributed by atoms with Crippen LogP contribution < -0.4 is 10.6 Å². The number of carbonyl (C=O) groups excluding carboxylic acids is 1. The van der Waals surface area contributed by atoms with E-state index in [-0.39, 0.29) is 12.0 Å². The summed E-state index contributed by atoms with van der Waals surface area (Å²) in [6, 6.07) is 5.20. The van der Waals surface area contributed by atoms with E-state index in [0.29, 0.717) is 25.3 Å². The normalized spacial score (nSPS) is 12.1. The van der Waals surface area contributed by atoms with E-state index in [1.807, 2.05) is 0 Å². The Bertz CT molecular complexity index is 314. The molecule has 1 unspecified atom stereocenters. The molecule has 1 heterocycles. The molecule has 0 spiro atoms. The minimum absolute atomic E-state index is 0.181. The van der Waals surface area contributed by atoms with Crippen LogP contribution in [-0.4, -0.2) is 41.7 Å². The summed E-state index contributed by atoms with van der Waals surface area (Å²) < 4.78 is 0. The predicted octanol–water partition coefficient (Wildman–Crippen LogP) is -0.218. The van der Waals surface area contributed by atoms with Gasteiger partial charge in [-0.25, -0.2) is 0 Å². The maximum atomic E-state index is 11.5. The lowest BCUT2D eigenvalue weighted by Crippen LogP contribution is -2.34. The van der Waals surface area contributed by atoms with Gasteiger partial charge in [-0.3, -0.25) is 9.78 Å². The molecule has 5 heteroatoms. The molecular formula is C11H17N3O2. The molecule has 0 aliphatic rings. The van der Waals surface area contributed by atoms with Gasteiger partial charge in [-0.05, 0) is 19.1 Å². The number of amides is 1. The number of rotatable bonds is 6. The van der Waals surface area contributed by atoms with Crippen LogP contribution in [0, 0.1) is 0 Å². The standard InChI is InChI=1S/C11H17N3O2/c1-9(15)8-12-6-7-14-11(16)10-4-2-3-5-13-10/h2-5,9,12,15H,6-8H2,1H3,(H,14,16). The summed E-state index contributed by atoms with van der Waals surface area (Å²) in [6.07, 6.45) is 1.21. The van der Waals surface area contributed by atoms with Gasteiger partial charge in [0.15, 0.2) is 0 Å². The first-order valence-electron chi connectivity index (χ1n) is 5.28. The van der Waals surface area contributed by atoms with Crippen molar-refractivity contribution in [1.29, 1.82) is 0 Å². The zero-order valence-corrected chi connectivity index (χ0v) is 9.31. The number of pyridine rings is 1. The fraction of sp³-hybridized carbons (Fsp3) is 0.455. The molecule has 1 aromatic rings. The van der Waals surface area contributed by atoms with Crippen molar-refractivity contribution in [2.24, 2.45) is 0 Å². The van der Waals surface area contributed by atoms with E-state index in [0.717, 1.165) is 0 Å². The summed E-state index contributed by atoms with van der Waals surface area (Å²) in [6.45, 7) is 3.38. The lowest BCUT2D eigenvalue weighted by Gasteiger charge is -2.07. The van der Waals surface area contributed by atoms with Crippen molar-refractivity contribution in [1.82, 2.24) is 15.6 Å². The molecule has 0 saturated heterocycles. The topological polar surface area (TPSA) is 74.2 Å². The van der Waals surface area contributed by atoms with Gasteiger partial charge in [0.25, 0.3) is 5.91 Å². The van der Waals surface area contributed by atoms with Crippen LogP contribution in [0.4, 0.5) is 0 Å². The Morgan fingerprint density at radius 1 is 1.50 bits per heavy atom. The second-order valence-corrected chi connectivity index (χ2v) is 3.52. The fourth-order valence-electron chi connectivity index (χ4n) is 1.16. The minimum Gasteiger partial charge on any atom is -0.392 e. The van der Waals surface area contributed by atoms with Gasteiger partial charge < -0.3 is 15.7 Å². The van der Waals surface area contributed by atoms with Crippen molar-refractivity contribution in [2.75, 3.05) is 19.6 Å². The Morgan fingerprint density at radius 2 is 2.31 bits per heavy atom. The minimum atomic E-state index is -0.369. The van der Waals surface area contributed by atoms with E-state index < -0.39 is 0 Å². The molecule has 16 heavy (non-hydrogen) atoms. The average Bonchev–Trinajstić information content (AvgIpc) is 2.29. The van der Waals surface area contributed by atoms with Gasteiger partial charge in [0.05, 0.1) is 6.10 Å². The quantitative estimate of drug-likeness (QED) is 0.583. The van der Waals surface area contributed by atoms with E-state index in [1.165, 1.54) is 0 Å². The summed E-state index contributed by atoms with van der Waals surface area (Å²) in [5, 5.41) is 14.7. The SMILES string of the molecule is CC(O)CNCCNC(=O)c1ccccn1. The van der Waals surface area contributed by atoms with Crippen LogP contribution >= 0.6 is 0 Å². The van der Waals surface area contributed by atoms with Crippen LogP contribution in [0.25, 0.3) is 0 Å². The Kier molecular flexibility index (Phi) is 5.45. The molecule has 0 aliphatic carbocycles. The molecule has 0 saturated carbocycles. The average molecular weight is 223 g/mol. The Hall–Kier alpha value is -1.46. The molecule has 0 aromatic carbocycles. The van der Waals surface area contributed by atoms with Crippen LogP contribution in [0.3, 0.4) is 0 Å². The number of hydrogen-bond acceptors (Lipinski definition) is 4. The van der Waals surface area contributed by atoms with Gasteiger partial charge in [0.2, 0.25) is 0 Å². The van der Waals surface area contributed by atoms with Gasteiger partial charge in [0, 0.05) is 25.8 Å². The van der Waals surface area contributed by atoms with Crippen molar-refractivity contribution in [3.63, 3.8) is 0 Å². The first-order valence-corrected chi connectivity index (χ1v) is 5.28. The predicted molar refractivity (Wildman–Crippen MR) is 61.1 cm³/mol. The molecule has 0 aliphatic heterocycles. The number of hydrogen-bond donors (Lipinski definition) is 3. The number of aliphatic hydroxyl groups is 1. The Labute approximate surface area is 94.9 Å². The maximum absolute atomic E-state index is 11.5. The Balaban J connectivity index is 2.16. The zero-order chi connectivity index (χ0) is 11.8. The third-order valence-electron chi connectivity index (χ3n) is 1.92. The molecule has 0 fully saturated rings. The monoisotopic (exact) mass is 223 g/mol. The summed E-state index contributed by atoms with van der Waals surface area (Å²) in [4.78, 5) is 15.4. The maximum Gasteiger partial charge on any atom is 0.269 e. The third kappa shape index (κ3) is 4.86. The largest absolute Gasteiger partial charge is 0.392 e. The third-order valence-corrected chi connectivity index (χ3v) is 1.92. The molecule has 1 rings (SSSR count). The van der Waals surface area contributed by atoms with Crippen LogP contribution in [0.2, 0.25) is 0 Å². The molecule has 1 amide bonds. The molecule has 88 valence electrons. The summed E-state index contributed by atoms with van der Waals surface area (Å²) in [7, 11) is 0.